The normalized spacial score (nSPS) is 13.5. The number of benzene rings is 6. The van der Waals surface area contributed by atoms with Gasteiger partial charge >= 0.3 is 0 Å². The molecule has 0 amide bonds. The lowest BCUT2D eigenvalue weighted by Gasteiger charge is -2.21. The monoisotopic (exact) mass is 602 g/mol. The summed E-state index contributed by atoms with van der Waals surface area (Å²) in [6.45, 7) is 4.58. The molecule has 47 heavy (non-hydrogen) atoms. The molecule has 0 spiro atoms. The van der Waals surface area contributed by atoms with E-state index in [0.717, 1.165) is 39.2 Å². The van der Waals surface area contributed by atoms with Gasteiger partial charge in [-0.1, -0.05) is 129 Å². The van der Waals surface area contributed by atoms with Gasteiger partial charge < -0.3 is 4.57 Å². The predicted octanol–water partition coefficient (Wildman–Crippen LogP) is 10.6. The molecule has 0 unspecified atom stereocenters. The lowest BCUT2D eigenvalue weighted by molar-refractivity contribution is 0.632. The number of nitrogens with zero attached hydrogens (tertiary/aromatic N) is 4. The van der Waals surface area contributed by atoms with E-state index in [9.17, 15) is 0 Å². The van der Waals surface area contributed by atoms with Gasteiger partial charge in [-0.3, -0.25) is 4.57 Å². The molecule has 6 aromatic carbocycles. The van der Waals surface area contributed by atoms with E-state index in [1.54, 1.807) is 0 Å². The van der Waals surface area contributed by atoms with E-state index in [1.165, 1.54) is 43.7 Å². The van der Waals surface area contributed by atoms with E-state index in [-0.39, 0.29) is 5.41 Å². The van der Waals surface area contributed by atoms with Crippen LogP contribution in [0.5, 0.6) is 0 Å². The minimum atomic E-state index is -0.279. The van der Waals surface area contributed by atoms with Gasteiger partial charge in [0.15, 0.2) is 0 Å². The van der Waals surface area contributed by atoms with Crippen molar-refractivity contribution in [3.05, 3.63) is 157 Å². The Kier molecular flexibility index (Phi) is 5.31. The van der Waals surface area contributed by atoms with Gasteiger partial charge in [-0.05, 0) is 41.5 Å². The Morgan fingerprint density at radius 2 is 1.15 bits per heavy atom. The molecule has 0 saturated carbocycles. The molecule has 0 N–H and O–H groups in total. The fourth-order valence-corrected chi connectivity index (χ4v) is 8.00. The van der Waals surface area contributed by atoms with E-state index in [4.69, 9.17) is 9.97 Å². The molecule has 4 heteroatoms. The number of rotatable bonds is 3. The van der Waals surface area contributed by atoms with Crippen molar-refractivity contribution in [1.29, 1.82) is 0 Å². The molecule has 0 aliphatic heterocycles. The van der Waals surface area contributed by atoms with E-state index >= 15 is 0 Å². The molecule has 0 saturated heterocycles. The average molecular weight is 603 g/mol. The van der Waals surface area contributed by atoms with Crippen molar-refractivity contribution in [2.24, 2.45) is 0 Å². The lowest BCUT2D eigenvalue weighted by Crippen LogP contribution is -2.18. The maximum absolute atomic E-state index is 5.50. The minimum Gasteiger partial charge on any atom is -0.309 e. The van der Waals surface area contributed by atoms with Crippen molar-refractivity contribution in [3.63, 3.8) is 0 Å². The third-order valence-corrected chi connectivity index (χ3v) is 10.1. The first kappa shape index (κ1) is 26.2. The van der Waals surface area contributed by atoms with Crippen molar-refractivity contribution in [2.75, 3.05) is 0 Å². The summed E-state index contributed by atoms with van der Waals surface area (Å²) in [7, 11) is 0. The molecule has 3 heterocycles. The Hall–Kier alpha value is -6.00. The Morgan fingerprint density at radius 3 is 1.94 bits per heavy atom. The van der Waals surface area contributed by atoms with Gasteiger partial charge in [0.1, 0.15) is 0 Å². The Labute approximate surface area is 272 Å². The number of hydrogen-bond donors (Lipinski definition) is 0. The highest BCUT2D eigenvalue weighted by atomic mass is 15.2. The second-order valence-corrected chi connectivity index (χ2v) is 13.0. The standard InChI is InChI=1S/C43H30N4/c1-43(2)33-22-12-9-20-31(33)38-39(27-15-5-3-6-16-27)44-42(45-41(38)43)47-35-24-14-11-21-32(35)37-36(47)26-25-30-29-19-10-13-23-34(29)46(40(30)37)28-17-7-4-8-18-28/h3-26H,1-2H3. The van der Waals surface area contributed by atoms with Crippen molar-refractivity contribution in [1.82, 2.24) is 19.1 Å². The first-order chi connectivity index (χ1) is 23.1. The van der Waals surface area contributed by atoms with Gasteiger partial charge in [0.05, 0.1) is 33.5 Å². The fourth-order valence-electron chi connectivity index (χ4n) is 8.00. The highest BCUT2D eigenvalue weighted by Crippen LogP contribution is 2.51. The topological polar surface area (TPSA) is 35.6 Å². The smallest absolute Gasteiger partial charge is 0.235 e. The number of fused-ring (bicyclic) bond motifs is 10. The number of para-hydroxylation sites is 3. The van der Waals surface area contributed by atoms with E-state index in [2.05, 4.69) is 169 Å². The fraction of sp³-hybridized carbons (Fsp3) is 0.0698. The van der Waals surface area contributed by atoms with E-state index in [1.807, 2.05) is 0 Å². The summed E-state index contributed by atoms with van der Waals surface area (Å²) < 4.78 is 4.70. The van der Waals surface area contributed by atoms with Gasteiger partial charge in [-0.15, -0.1) is 0 Å². The summed E-state index contributed by atoms with van der Waals surface area (Å²) in [5.74, 6) is 0.691. The van der Waals surface area contributed by atoms with Crippen molar-refractivity contribution >= 4 is 43.6 Å². The molecular weight excluding hydrogens is 573 g/mol. The van der Waals surface area contributed by atoms with E-state index < -0.39 is 0 Å². The SMILES string of the molecule is CC1(C)c2ccccc2-c2c(-c3ccccc3)nc(-n3c4ccccc4c4c3ccc3c5ccccc5n(-c5ccccc5)c34)nc21. The van der Waals surface area contributed by atoms with Crippen molar-refractivity contribution in [3.8, 4) is 34.0 Å². The van der Waals surface area contributed by atoms with Crippen LogP contribution in [0.3, 0.4) is 0 Å². The zero-order valence-corrected chi connectivity index (χ0v) is 26.1. The van der Waals surface area contributed by atoms with Gasteiger partial charge in [-0.2, -0.15) is 0 Å². The zero-order valence-electron chi connectivity index (χ0n) is 26.1. The van der Waals surface area contributed by atoms with Crippen molar-refractivity contribution < 1.29 is 0 Å². The molecular formula is C43H30N4. The first-order valence-corrected chi connectivity index (χ1v) is 16.2. The Morgan fingerprint density at radius 1 is 0.511 bits per heavy atom. The third-order valence-electron chi connectivity index (χ3n) is 10.1. The maximum atomic E-state index is 5.50. The Bertz CT molecular complexity index is 2700. The number of aromatic nitrogens is 4. The molecule has 1 aliphatic rings. The predicted molar refractivity (Wildman–Crippen MR) is 194 cm³/mol. The van der Waals surface area contributed by atoms with Crippen LogP contribution in [0.2, 0.25) is 0 Å². The van der Waals surface area contributed by atoms with E-state index in [0.29, 0.717) is 5.95 Å². The van der Waals surface area contributed by atoms with Crippen LogP contribution in [-0.4, -0.2) is 19.1 Å². The number of hydrogen-bond acceptors (Lipinski definition) is 2. The van der Waals surface area contributed by atoms with Crippen LogP contribution in [0.25, 0.3) is 77.6 Å². The first-order valence-electron chi connectivity index (χ1n) is 16.2. The molecule has 9 aromatic rings. The highest BCUT2D eigenvalue weighted by Gasteiger charge is 2.40. The molecule has 4 nitrogen and oxygen atoms in total. The molecule has 0 atom stereocenters. The molecule has 0 radical (unpaired) electrons. The summed E-state index contributed by atoms with van der Waals surface area (Å²) in [6, 6.07) is 51.9. The van der Waals surface area contributed by atoms with Gasteiger partial charge in [-0.25, -0.2) is 9.97 Å². The second kappa shape index (κ2) is 9.51. The van der Waals surface area contributed by atoms with Crippen LogP contribution in [0.15, 0.2) is 146 Å². The van der Waals surface area contributed by atoms with Crippen LogP contribution >= 0.6 is 0 Å². The van der Waals surface area contributed by atoms with Crippen LogP contribution in [-0.2, 0) is 5.41 Å². The van der Waals surface area contributed by atoms with Crippen LogP contribution in [0, 0.1) is 0 Å². The molecule has 3 aromatic heterocycles. The van der Waals surface area contributed by atoms with Crippen LogP contribution < -0.4 is 0 Å². The molecule has 1 aliphatic carbocycles. The zero-order chi connectivity index (χ0) is 31.3. The van der Waals surface area contributed by atoms with Crippen LogP contribution in [0.1, 0.15) is 25.1 Å². The van der Waals surface area contributed by atoms with Crippen LogP contribution in [0.4, 0.5) is 0 Å². The van der Waals surface area contributed by atoms with Gasteiger partial charge in [0.2, 0.25) is 5.95 Å². The third kappa shape index (κ3) is 3.53. The summed E-state index contributed by atoms with van der Waals surface area (Å²) in [5.41, 5.74) is 12.2. The lowest BCUT2D eigenvalue weighted by atomic mass is 9.85. The summed E-state index contributed by atoms with van der Waals surface area (Å²) >= 11 is 0. The minimum absolute atomic E-state index is 0.279. The van der Waals surface area contributed by atoms with Gasteiger partial charge in [0, 0.05) is 43.8 Å². The van der Waals surface area contributed by atoms with Gasteiger partial charge in [0.25, 0.3) is 0 Å². The maximum Gasteiger partial charge on any atom is 0.235 e. The van der Waals surface area contributed by atoms with Crippen molar-refractivity contribution in [2.45, 2.75) is 19.3 Å². The molecule has 222 valence electrons. The summed E-state index contributed by atoms with van der Waals surface area (Å²) in [4.78, 5) is 11.0. The molecule has 0 fully saturated rings. The summed E-state index contributed by atoms with van der Waals surface area (Å²) in [5, 5.41) is 4.85. The quantitative estimate of drug-likeness (QED) is 0.202. The average Bonchev–Trinajstić information content (AvgIpc) is 3.72. The molecule has 10 rings (SSSR count). The second-order valence-electron chi connectivity index (χ2n) is 13.0. The largest absolute Gasteiger partial charge is 0.309 e. The molecule has 0 bridgehead atoms. The summed E-state index contributed by atoms with van der Waals surface area (Å²) in [6.07, 6.45) is 0. The highest BCUT2D eigenvalue weighted by molar-refractivity contribution is 6.26. The Balaban J connectivity index is 1.37.